The van der Waals surface area contributed by atoms with Crippen LogP contribution >= 0.6 is 0 Å². The summed E-state index contributed by atoms with van der Waals surface area (Å²) in [5.41, 5.74) is -0.379. The second-order valence-corrected chi connectivity index (χ2v) is 5.50. The fourth-order valence-corrected chi connectivity index (χ4v) is 2.37. The second-order valence-electron chi connectivity index (χ2n) is 5.50. The third-order valence-corrected chi connectivity index (χ3v) is 3.80. The predicted molar refractivity (Wildman–Crippen MR) is 82.9 cm³/mol. The van der Waals surface area contributed by atoms with Crippen LogP contribution in [0.5, 0.6) is 0 Å². The molecule has 2 aromatic carbocycles. The van der Waals surface area contributed by atoms with Crippen LogP contribution in [0.25, 0.3) is 11.1 Å². The van der Waals surface area contributed by atoms with Crippen molar-refractivity contribution in [2.45, 2.75) is 25.9 Å². The largest absolute Gasteiger partial charge is 0.481 e. The highest BCUT2D eigenvalue weighted by molar-refractivity contribution is 5.95. The van der Waals surface area contributed by atoms with Crippen molar-refractivity contribution in [3.8, 4) is 11.1 Å². The number of rotatable bonds is 4. The fourth-order valence-electron chi connectivity index (χ4n) is 2.37. The van der Waals surface area contributed by atoms with Gasteiger partial charge in [-0.1, -0.05) is 30.3 Å². The monoisotopic (exact) mass is 336 g/mol. The van der Waals surface area contributed by atoms with Crippen molar-refractivity contribution in [3.05, 3.63) is 59.2 Å². The molecular weight excluding hydrogens is 321 g/mol. The molecule has 0 radical (unpaired) electrons. The molecule has 0 aliphatic heterocycles. The Morgan fingerprint density at radius 3 is 2.29 bits per heavy atom. The highest BCUT2D eigenvalue weighted by Gasteiger charge is 2.34. The molecule has 3 nitrogen and oxygen atoms in total. The molecule has 2 aromatic rings. The summed E-state index contributed by atoms with van der Waals surface area (Å²) in [5.74, 6) is -2.50. The van der Waals surface area contributed by atoms with Crippen LogP contribution in [0, 0.1) is 0 Å². The van der Waals surface area contributed by atoms with Gasteiger partial charge in [-0.25, -0.2) is 0 Å². The number of carboxylic acid groups (broad SMARTS) is 1. The Bertz CT molecular complexity index is 794. The molecular formula is C18H15F3O3. The summed E-state index contributed by atoms with van der Waals surface area (Å²) in [6.45, 7) is 2.66. The lowest BCUT2D eigenvalue weighted by Crippen LogP contribution is -2.12. The van der Waals surface area contributed by atoms with Gasteiger partial charge >= 0.3 is 12.1 Å². The third kappa shape index (κ3) is 3.64. The van der Waals surface area contributed by atoms with E-state index in [1.165, 1.54) is 50.2 Å². The number of halogens is 3. The van der Waals surface area contributed by atoms with Gasteiger partial charge in [-0.3, -0.25) is 9.59 Å². The molecule has 0 bridgehead atoms. The van der Waals surface area contributed by atoms with Gasteiger partial charge in [0.05, 0.1) is 11.5 Å². The molecule has 2 rings (SSSR count). The van der Waals surface area contributed by atoms with E-state index in [0.29, 0.717) is 5.56 Å². The summed E-state index contributed by atoms with van der Waals surface area (Å²) in [7, 11) is 0. The Morgan fingerprint density at radius 1 is 1.08 bits per heavy atom. The quantitative estimate of drug-likeness (QED) is 0.819. The van der Waals surface area contributed by atoms with E-state index >= 15 is 0 Å². The normalized spacial score (nSPS) is 12.7. The van der Waals surface area contributed by atoms with E-state index in [2.05, 4.69) is 0 Å². The van der Waals surface area contributed by atoms with Gasteiger partial charge < -0.3 is 5.11 Å². The van der Waals surface area contributed by atoms with Crippen LogP contribution in [0.2, 0.25) is 0 Å². The van der Waals surface area contributed by atoms with E-state index in [9.17, 15) is 22.8 Å². The number of carboxylic acids is 1. The Morgan fingerprint density at radius 2 is 1.75 bits per heavy atom. The van der Waals surface area contributed by atoms with Gasteiger partial charge in [-0.05, 0) is 42.7 Å². The van der Waals surface area contributed by atoms with Crippen molar-refractivity contribution < 1.29 is 27.9 Å². The van der Waals surface area contributed by atoms with Gasteiger partial charge in [0, 0.05) is 5.56 Å². The first-order valence-corrected chi connectivity index (χ1v) is 7.16. The van der Waals surface area contributed by atoms with Crippen molar-refractivity contribution >= 4 is 11.8 Å². The molecule has 0 heterocycles. The average molecular weight is 336 g/mol. The number of aliphatic carboxylic acids is 1. The van der Waals surface area contributed by atoms with Crippen LogP contribution in [0.3, 0.4) is 0 Å². The molecule has 24 heavy (non-hydrogen) atoms. The fraction of sp³-hybridized carbons (Fsp3) is 0.222. The standard InChI is InChI=1S/C18H15F3O3/c1-10(17(23)24)12-6-7-15(16(9-12)18(19,20)21)14-5-3-4-13(8-14)11(2)22/h3-10H,1-2H3,(H,23,24). The lowest BCUT2D eigenvalue weighted by molar-refractivity contribution is -0.139. The van der Waals surface area contributed by atoms with Gasteiger partial charge in [-0.2, -0.15) is 13.2 Å². The number of carbonyl (C=O) groups excluding carboxylic acids is 1. The Labute approximate surface area is 136 Å². The van der Waals surface area contributed by atoms with E-state index < -0.39 is 23.6 Å². The van der Waals surface area contributed by atoms with E-state index in [-0.39, 0.29) is 22.5 Å². The number of alkyl halides is 3. The number of ketones is 1. The maximum atomic E-state index is 13.4. The topological polar surface area (TPSA) is 54.4 Å². The summed E-state index contributed by atoms with van der Waals surface area (Å²) >= 11 is 0. The summed E-state index contributed by atoms with van der Waals surface area (Å²) in [6.07, 6.45) is -4.64. The lowest BCUT2D eigenvalue weighted by atomic mass is 9.92. The molecule has 1 atom stereocenters. The minimum atomic E-state index is -4.64. The van der Waals surface area contributed by atoms with Gasteiger partial charge in [-0.15, -0.1) is 0 Å². The third-order valence-electron chi connectivity index (χ3n) is 3.80. The number of hydrogen-bond donors (Lipinski definition) is 1. The molecule has 6 heteroatoms. The van der Waals surface area contributed by atoms with Crippen molar-refractivity contribution in [1.82, 2.24) is 0 Å². The predicted octanol–water partition coefficient (Wildman–Crippen LogP) is 4.76. The van der Waals surface area contributed by atoms with Crippen LogP contribution in [0.4, 0.5) is 13.2 Å². The summed E-state index contributed by atoms with van der Waals surface area (Å²) in [4.78, 5) is 22.5. The van der Waals surface area contributed by atoms with E-state index in [1.54, 1.807) is 0 Å². The van der Waals surface area contributed by atoms with Gasteiger partial charge in [0.1, 0.15) is 0 Å². The van der Waals surface area contributed by atoms with Gasteiger partial charge in [0.2, 0.25) is 0 Å². The van der Waals surface area contributed by atoms with E-state index in [1.807, 2.05) is 0 Å². The molecule has 0 fully saturated rings. The Kier molecular flexibility index (Phi) is 4.78. The van der Waals surface area contributed by atoms with Crippen molar-refractivity contribution in [2.24, 2.45) is 0 Å². The molecule has 1 N–H and O–H groups in total. The van der Waals surface area contributed by atoms with Crippen LogP contribution in [-0.2, 0) is 11.0 Å². The molecule has 0 aliphatic rings. The minimum Gasteiger partial charge on any atom is -0.481 e. The molecule has 0 spiro atoms. The van der Waals surface area contributed by atoms with Crippen molar-refractivity contribution in [2.75, 3.05) is 0 Å². The SMILES string of the molecule is CC(=O)c1cccc(-c2ccc(C(C)C(=O)O)cc2C(F)(F)F)c1. The molecule has 0 aromatic heterocycles. The number of carbonyl (C=O) groups is 2. The van der Waals surface area contributed by atoms with E-state index in [4.69, 9.17) is 5.11 Å². The lowest BCUT2D eigenvalue weighted by Gasteiger charge is -2.16. The smallest absolute Gasteiger partial charge is 0.417 e. The molecule has 0 amide bonds. The molecule has 0 saturated heterocycles. The first-order chi connectivity index (χ1) is 11.1. The maximum absolute atomic E-state index is 13.4. The molecule has 0 aliphatic carbocycles. The average Bonchev–Trinajstić information content (AvgIpc) is 2.52. The second kappa shape index (κ2) is 6.47. The molecule has 1 unspecified atom stereocenters. The summed E-state index contributed by atoms with van der Waals surface area (Å²) < 4.78 is 40.3. The van der Waals surface area contributed by atoms with Crippen LogP contribution in [0.1, 0.15) is 41.3 Å². The highest BCUT2D eigenvalue weighted by Crippen LogP contribution is 2.39. The Balaban J connectivity index is 2.64. The first-order valence-electron chi connectivity index (χ1n) is 7.16. The maximum Gasteiger partial charge on any atom is 0.417 e. The minimum absolute atomic E-state index is 0.0706. The molecule has 0 saturated carbocycles. The van der Waals surface area contributed by atoms with Crippen molar-refractivity contribution in [3.63, 3.8) is 0 Å². The highest BCUT2D eigenvalue weighted by atomic mass is 19.4. The number of benzene rings is 2. The van der Waals surface area contributed by atoms with E-state index in [0.717, 1.165) is 6.07 Å². The molecule has 126 valence electrons. The van der Waals surface area contributed by atoms with Crippen LogP contribution in [-0.4, -0.2) is 16.9 Å². The summed E-state index contributed by atoms with van der Waals surface area (Å²) in [6, 6.07) is 9.39. The van der Waals surface area contributed by atoms with Crippen LogP contribution in [0.15, 0.2) is 42.5 Å². The summed E-state index contributed by atoms with van der Waals surface area (Å²) in [5, 5.41) is 8.99. The first kappa shape index (κ1) is 17.7. The zero-order valence-corrected chi connectivity index (χ0v) is 13.0. The number of hydrogen-bond acceptors (Lipinski definition) is 2. The zero-order chi connectivity index (χ0) is 18.1. The van der Waals surface area contributed by atoms with Gasteiger partial charge in [0.15, 0.2) is 5.78 Å². The van der Waals surface area contributed by atoms with Gasteiger partial charge in [0.25, 0.3) is 0 Å². The number of Topliss-reactive ketones (excluding diaryl/α,β-unsaturated/α-hetero) is 1. The Hall–Kier alpha value is -2.63. The van der Waals surface area contributed by atoms with Crippen molar-refractivity contribution in [1.29, 1.82) is 0 Å². The zero-order valence-electron chi connectivity index (χ0n) is 13.0. The van der Waals surface area contributed by atoms with Crippen LogP contribution < -0.4 is 0 Å².